The van der Waals surface area contributed by atoms with E-state index in [1.54, 1.807) is 17.0 Å². The number of amides is 2. The van der Waals surface area contributed by atoms with Crippen LogP contribution in [-0.4, -0.2) is 20.8 Å². The Balaban J connectivity index is 1.54. The Kier molecular flexibility index (Phi) is 4.70. The van der Waals surface area contributed by atoms with Gasteiger partial charge < -0.3 is 9.73 Å². The number of nitrogens with zero attached hydrogens (tertiary/aromatic N) is 3. The molecule has 0 bridgehead atoms. The van der Waals surface area contributed by atoms with Gasteiger partial charge in [-0.1, -0.05) is 6.07 Å². The van der Waals surface area contributed by atoms with Crippen molar-refractivity contribution in [3.63, 3.8) is 0 Å². The van der Waals surface area contributed by atoms with E-state index >= 15 is 0 Å². The molecule has 0 aliphatic rings. The summed E-state index contributed by atoms with van der Waals surface area (Å²) in [4.78, 5) is 17.0. The van der Waals surface area contributed by atoms with Gasteiger partial charge in [0.15, 0.2) is 5.76 Å². The van der Waals surface area contributed by atoms with Gasteiger partial charge >= 0.3 is 6.03 Å². The number of anilines is 2. The summed E-state index contributed by atoms with van der Waals surface area (Å²) < 4.78 is 7.01. The van der Waals surface area contributed by atoms with Gasteiger partial charge in [0.1, 0.15) is 11.5 Å². The summed E-state index contributed by atoms with van der Waals surface area (Å²) in [6, 6.07) is 10.9. The highest BCUT2D eigenvalue weighted by molar-refractivity contribution is 7.12. The zero-order valence-corrected chi connectivity index (χ0v) is 16.5. The Morgan fingerprint density at radius 3 is 2.71 bits per heavy atom. The van der Waals surface area contributed by atoms with E-state index in [1.807, 2.05) is 56.5 Å². The van der Waals surface area contributed by atoms with Crippen LogP contribution in [0.25, 0.3) is 16.6 Å². The molecular weight excluding hydrogens is 374 g/mol. The molecule has 4 rings (SSSR count). The van der Waals surface area contributed by atoms with Crippen molar-refractivity contribution in [3.05, 3.63) is 64.9 Å². The maximum absolute atomic E-state index is 12.5. The molecule has 0 aliphatic carbocycles. The predicted octanol–water partition coefficient (Wildman–Crippen LogP) is 5.16. The fraction of sp³-hybridized carbons (Fsp3) is 0.150. The molecule has 3 heterocycles. The molecule has 0 saturated carbocycles. The Hall–Kier alpha value is -3.39. The molecule has 3 aromatic heterocycles. The van der Waals surface area contributed by atoms with Gasteiger partial charge in [0, 0.05) is 17.1 Å². The minimum absolute atomic E-state index is 0.341. The third-order valence-corrected chi connectivity index (χ3v) is 5.10. The first-order chi connectivity index (χ1) is 13.5. The molecule has 142 valence electrons. The Bertz CT molecular complexity index is 1130. The van der Waals surface area contributed by atoms with Crippen molar-refractivity contribution in [3.8, 4) is 16.6 Å². The number of hydrogen-bond acceptors (Lipinski definition) is 5. The van der Waals surface area contributed by atoms with Crippen LogP contribution in [0.15, 0.2) is 52.5 Å². The molecule has 2 amide bonds. The number of thiazole rings is 1. The zero-order valence-electron chi connectivity index (χ0n) is 15.7. The molecule has 1 aromatic carbocycles. The van der Waals surface area contributed by atoms with Crippen LogP contribution in [0.3, 0.4) is 0 Å². The standard InChI is InChI=1S/C20H19N5O2S/c1-12-6-7-15(9-13(12)2)21-19(26)23-18-10-14(3)24-25(18)20-22-16(11-28-20)17-5-4-8-27-17/h4-11H,1-3H3,(H2,21,23,26). The monoisotopic (exact) mass is 393 g/mol. The number of urea groups is 1. The van der Waals surface area contributed by atoms with E-state index in [0.29, 0.717) is 16.7 Å². The van der Waals surface area contributed by atoms with Crippen molar-refractivity contribution in [2.24, 2.45) is 0 Å². The lowest BCUT2D eigenvalue weighted by Gasteiger charge is -2.10. The largest absolute Gasteiger partial charge is 0.463 e. The fourth-order valence-corrected chi connectivity index (χ4v) is 3.51. The van der Waals surface area contributed by atoms with E-state index in [4.69, 9.17) is 4.42 Å². The summed E-state index contributed by atoms with van der Waals surface area (Å²) in [5, 5.41) is 12.7. The van der Waals surface area contributed by atoms with E-state index in [0.717, 1.165) is 22.6 Å². The molecule has 8 heteroatoms. The summed E-state index contributed by atoms with van der Waals surface area (Å²) in [6.07, 6.45) is 1.61. The molecule has 28 heavy (non-hydrogen) atoms. The number of hydrogen-bond donors (Lipinski definition) is 2. The van der Waals surface area contributed by atoms with E-state index < -0.39 is 0 Å². The molecule has 4 aromatic rings. The van der Waals surface area contributed by atoms with Gasteiger partial charge in [-0.15, -0.1) is 11.3 Å². The minimum Gasteiger partial charge on any atom is -0.463 e. The normalized spacial score (nSPS) is 10.8. The lowest BCUT2D eigenvalue weighted by Crippen LogP contribution is -2.21. The SMILES string of the molecule is Cc1cc(NC(=O)Nc2ccc(C)c(C)c2)n(-c2nc(-c3ccco3)cs2)n1. The third kappa shape index (κ3) is 3.67. The summed E-state index contributed by atoms with van der Waals surface area (Å²) in [5.41, 5.74) is 4.53. The number of rotatable bonds is 4. The Morgan fingerprint density at radius 2 is 1.96 bits per heavy atom. The number of benzene rings is 1. The first kappa shape index (κ1) is 18.0. The second kappa shape index (κ2) is 7.32. The van der Waals surface area contributed by atoms with Gasteiger partial charge in [-0.3, -0.25) is 5.32 Å². The van der Waals surface area contributed by atoms with Gasteiger partial charge in [0.05, 0.1) is 12.0 Å². The molecular formula is C20H19N5O2S. The number of aryl methyl sites for hydroxylation is 3. The molecule has 0 saturated heterocycles. The van der Waals surface area contributed by atoms with Crippen LogP contribution in [0.5, 0.6) is 0 Å². The smallest absolute Gasteiger partial charge is 0.324 e. The Morgan fingerprint density at radius 1 is 1.11 bits per heavy atom. The first-order valence-corrected chi connectivity index (χ1v) is 9.59. The highest BCUT2D eigenvalue weighted by Crippen LogP contribution is 2.26. The summed E-state index contributed by atoms with van der Waals surface area (Å²) in [6.45, 7) is 5.91. The lowest BCUT2D eigenvalue weighted by atomic mass is 10.1. The zero-order chi connectivity index (χ0) is 19.7. The van der Waals surface area contributed by atoms with Crippen molar-refractivity contribution < 1.29 is 9.21 Å². The summed E-state index contributed by atoms with van der Waals surface area (Å²) in [5.74, 6) is 1.23. The molecule has 0 fully saturated rings. The van der Waals surface area contributed by atoms with Crippen LogP contribution in [0.2, 0.25) is 0 Å². The van der Waals surface area contributed by atoms with Gasteiger partial charge in [-0.25, -0.2) is 9.78 Å². The van der Waals surface area contributed by atoms with E-state index in [9.17, 15) is 4.79 Å². The maximum atomic E-state index is 12.5. The highest BCUT2D eigenvalue weighted by Gasteiger charge is 2.15. The van der Waals surface area contributed by atoms with Gasteiger partial charge in [-0.05, 0) is 56.2 Å². The number of carbonyl (C=O) groups is 1. The predicted molar refractivity (Wildman–Crippen MR) is 110 cm³/mol. The lowest BCUT2D eigenvalue weighted by molar-refractivity contribution is 0.262. The topological polar surface area (TPSA) is 85.0 Å². The molecule has 2 N–H and O–H groups in total. The van der Waals surface area contributed by atoms with Crippen molar-refractivity contribution in [1.82, 2.24) is 14.8 Å². The molecule has 7 nitrogen and oxygen atoms in total. The van der Waals surface area contributed by atoms with Crippen LogP contribution >= 0.6 is 11.3 Å². The number of carbonyl (C=O) groups excluding carboxylic acids is 1. The quantitative estimate of drug-likeness (QED) is 0.502. The number of nitrogens with one attached hydrogen (secondary N) is 2. The van der Waals surface area contributed by atoms with Gasteiger partial charge in [-0.2, -0.15) is 9.78 Å². The van der Waals surface area contributed by atoms with Gasteiger partial charge in [0.25, 0.3) is 0 Å². The van der Waals surface area contributed by atoms with Crippen LogP contribution in [-0.2, 0) is 0 Å². The molecule has 0 spiro atoms. The number of aromatic nitrogens is 3. The second-order valence-corrected chi connectivity index (χ2v) is 7.29. The van der Waals surface area contributed by atoms with Crippen molar-refractivity contribution in [2.75, 3.05) is 10.6 Å². The summed E-state index contributed by atoms with van der Waals surface area (Å²) >= 11 is 1.42. The van der Waals surface area contributed by atoms with E-state index in [2.05, 4.69) is 20.7 Å². The van der Waals surface area contributed by atoms with E-state index in [-0.39, 0.29) is 6.03 Å². The fourth-order valence-electron chi connectivity index (χ4n) is 2.73. The first-order valence-electron chi connectivity index (χ1n) is 8.71. The van der Waals surface area contributed by atoms with Crippen molar-refractivity contribution >= 4 is 28.9 Å². The average Bonchev–Trinajstić information content (AvgIpc) is 3.38. The third-order valence-electron chi connectivity index (χ3n) is 4.28. The van der Waals surface area contributed by atoms with Crippen LogP contribution < -0.4 is 10.6 Å². The van der Waals surface area contributed by atoms with E-state index in [1.165, 1.54) is 16.9 Å². The van der Waals surface area contributed by atoms with Crippen molar-refractivity contribution in [1.29, 1.82) is 0 Å². The molecule has 0 atom stereocenters. The van der Waals surface area contributed by atoms with Crippen LogP contribution in [0, 0.1) is 20.8 Å². The highest BCUT2D eigenvalue weighted by atomic mass is 32.1. The minimum atomic E-state index is -0.341. The van der Waals surface area contributed by atoms with Crippen molar-refractivity contribution in [2.45, 2.75) is 20.8 Å². The van der Waals surface area contributed by atoms with Crippen LogP contribution in [0.1, 0.15) is 16.8 Å². The second-order valence-electron chi connectivity index (χ2n) is 6.45. The molecule has 0 aliphatic heterocycles. The molecule has 0 unspecified atom stereocenters. The summed E-state index contributed by atoms with van der Waals surface area (Å²) in [7, 11) is 0. The number of furan rings is 1. The Labute approximate surface area is 166 Å². The molecule has 0 radical (unpaired) electrons. The maximum Gasteiger partial charge on any atom is 0.324 e. The van der Waals surface area contributed by atoms with Gasteiger partial charge in [0.2, 0.25) is 5.13 Å². The average molecular weight is 393 g/mol. The van der Waals surface area contributed by atoms with Crippen LogP contribution in [0.4, 0.5) is 16.3 Å².